The van der Waals surface area contributed by atoms with Gasteiger partial charge < -0.3 is 45.0 Å². The average molecular weight is 1130 g/mol. The van der Waals surface area contributed by atoms with Gasteiger partial charge in [0.25, 0.3) is 0 Å². The van der Waals surface area contributed by atoms with Crippen molar-refractivity contribution in [2.45, 2.75) is 220 Å². The van der Waals surface area contributed by atoms with Crippen molar-refractivity contribution < 1.29 is 59.3 Å². The number of allylic oxidation sites excluding steroid dienone is 1. The number of carboxylic acids is 2. The van der Waals surface area contributed by atoms with Gasteiger partial charge in [-0.2, -0.15) is 0 Å². The molecule has 0 spiro atoms. The summed E-state index contributed by atoms with van der Waals surface area (Å²) in [6.45, 7) is 10.9. The highest BCUT2D eigenvalue weighted by Gasteiger charge is 2.29. The Morgan fingerprint density at radius 2 is 1.14 bits per heavy atom. The third-order valence-electron chi connectivity index (χ3n) is 13.4. The van der Waals surface area contributed by atoms with E-state index < -0.39 is 48.3 Å². The van der Waals surface area contributed by atoms with E-state index >= 15 is 0 Å². The molecule has 2 aliphatic heterocycles. The summed E-state index contributed by atoms with van der Waals surface area (Å²) in [6.07, 6.45) is 35.0. The highest BCUT2D eigenvalue weighted by Crippen LogP contribution is 2.44. The molecule has 16 heteroatoms. The number of rotatable bonds is 35. The maximum absolute atomic E-state index is 10.6. The minimum Gasteiger partial charge on any atom is -0.478 e. The number of hydrogen-bond acceptors (Lipinski definition) is 14. The van der Waals surface area contributed by atoms with Crippen molar-refractivity contribution in [3.05, 3.63) is 78.4 Å². The minimum atomic E-state index is -1.26. The maximum atomic E-state index is 10.6. The summed E-state index contributed by atoms with van der Waals surface area (Å²) in [5, 5.41) is 54.5. The summed E-state index contributed by atoms with van der Waals surface area (Å²) < 4.78 is 9.42. The number of nitrogens with zero attached hydrogens (tertiary/aromatic N) is 2. The van der Waals surface area contributed by atoms with Crippen LogP contribution in [0, 0.1) is 12.3 Å². The Kier molecular flexibility index (Phi) is 42.9. The number of aliphatic hydroxyl groups excluding tert-OH is 4. The van der Waals surface area contributed by atoms with Crippen LogP contribution in [0.4, 0.5) is 0 Å². The van der Waals surface area contributed by atoms with Gasteiger partial charge in [-0.3, -0.25) is 14.5 Å². The number of ether oxygens (including phenoxy) is 2. The number of terminal acetylenes is 1. The van der Waals surface area contributed by atoms with Crippen LogP contribution in [0.5, 0.6) is 0 Å². The zero-order valence-corrected chi connectivity index (χ0v) is 49.3. The monoisotopic (exact) mass is 1130 g/mol. The molecule has 2 aliphatic rings. The van der Waals surface area contributed by atoms with E-state index in [-0.39, 0.29) is 26.1 Å². The molecule has 440 valence electrons. The molecule has 5 atom stereocenters. The van der Waals surface area contributed by atoms with Crippen molar-refractivity contribution in [1.82, 2.24) is 9.80 Å². The average Bonchev–Trinajstić information content (AvgIpc) is 3.61. The molecule has 0 saturated carbocycles. The molecule has 14 nitrogen and oxygen atoms in total. The fourth-order valence-corrected chi connectivity index (χ4v) is 10.6. The Bertz CT molecular complexity index is 1990. The van der Waals surface area contributed by atoms with Crippen molar-refractivity contribution >= 4 is 47.4 Å². The Balaban J connectivity index is 0.000000546. The van der Waals surface area contributed by atoms with Crippen molar-refractivity contribution in [3.8, 4) is 12.3 Å². The first-order valence-corrected chi connectivity index (χ1v) is 30.6. The molecule has 0 aromatic heterocycles. The van der Waals surface area contributed by atoms with E-state index in [1.807, 2.05) is 29.6 Å². The topological polar surface area (TPSA) is 215 Å². The molecule has 6 N–H and O–H groups in total. The van der Waals surface area contributed by atoms with Crippen LogP contribution in [-0.2, 0) is 35.1 Å². The molecule has 0 amide bonds. The molecule has 0 aliphatic carbocycles. The van der Waals surface area contributed by atoms with Crippen LogP contribution in [0.3, 0.4) is 0 Å². The van der Waals surface area contributed by atoms with Gasteiger partial charge >= 0.3 is 23.9 Å². The molecular formula is C62H98N2O12S2. The summed E-state index contributed by atoms with van der Waals surface area (Å²) in [4.78, 5) is 49.7. The molecule has 2 aromatic carbocycles. The molecule has 2 aromatic rings. The van der Waals surface area contributed by atoms with E-state index in [0.29, 0.717) is 31.0 Å². The number of carbonyl (C=O) groups is 4. The molecule has 0 radical (unpaired) electrons. The van der Waals surface area contributed by atoms with Crippen molar-refractivity contribution in [3.63, 3.8) is 0 Å². The van der Waals surface area contributed by atoms with Crippen LogP contribution in [0.2, 0.25) is 0 Å². The molecule has 5 unspecified atom stereocenters. The molecule has 78 heavy (non-hydrogen) atoms. The SMILES string of the molecule is C#CCCCCCCCCCCCC(O)CC(O)COC(C)=O.C=CCCCCCCCCCCCC(O)CC(O)COC(C)=O.CSc1ccc2c(c1)C(N1CCN(C)CC1)Cc1ccccc1S2.O=C(O)C=CC(=O)O. The van der Waals surface area contributed by atoms with Gasteiger partial charge in [0.05, 0.1) is 24.4 Å². The Hall–Kier alpha value is -4.18. The molecular weight excluding hydrogens is 1030 g/mol. The first-order valence-electron chi connectivity index (χ1n) is 28.5. The van der Waals surface area contributed by atoms with Crippen molar-refractivity contribution in [2.24, 2.45) is 0 Å². The summed E-state index contributed by atoms with van der Waals surface area (Å²) in [7, 11) is 2.23. The Morgan fingerprint density at radius 1 is 0.679 bits per heavy atom. The van der Waals surface area contributed by atoms with Crippen LogP contribution >= 0.6 is 23.5 Å². The zero-order chi connectivity index (χ0) is 57.8. The van der Waals surface area contributed by atoms with Crippen LogP contribution in [0.1, 0.15) is 185 Å². The second kappa shape index (κ2) is 46.6. The number of benzene rings is 2. The lowest BCUT2D eigenvalue weighted by Gasteiger charge is -2.38. The number of aliphatic hydroxyl groups is 4. The summed E-state index contributed by atoms with van der Waals surface area (Å²) >= 11 is 3.79. The van der Waals surface area contributed by atoms with Crippen molar-refractivity contribution in [1.29, 1.82) is 0 Å². The van der Waals surface area contributed by atoms with Gasteiger partial charge in [0.2, 0.25) is 0 Å². The van der Waals surface area contributed by atoms with E-state index in [4.69, 9.17) is 26.1 Å². The summed E-state index contributed by atoms with van der Waals surface area (Å²) in [6, 6.07) is 16.5. The molecule has 4 rings (SSSR count). The first-order chi connectivity index (χ1) is 37.5. The summed E-state index contributed by atoms with van der Waals surface area (Å²) in [5.41, 5.74) is 3.01. The van der Waals surface area contributed by atoms with Crippen LogP contribution < -0.4 is 0 Å². The predicted molar refractivity (Wildman–Crippen MR) is 316 cm³/mol. The second-order valence-electron chi connectivity index (χ2n) is 20.3. The highest BCUT2D eigenvalue weighted by molar-refractivity contribution is 7.99. The lowest BCUT2D eigenvalue weighted by molar-refractivity contribution is -0.145. The molecule has 1 saturated heterocycles. The van der Waals surface area contributed by atoms with E-state index in [0.717, 1.165) is 64.5 Å². The number of aliphatic carboxylic acids is 2. The number of carboxylic acid groups (broad SMARTS) is 2. The number of likely N-dealkylation sites (N-methyl/N-ethyl adjacent to an activating group) is 1. The van der Waals surface area contributed by atoms with Crippen molar-refractivity contribution in [2.75, 3.05) is 52.7 Å². The largest absolute Gasteiger partial charge is 0.478 e. The fourth-order valence-electron chi connectivity index (χ4n) is 9.00. The van der Waals surface area contributed by atoms with Crippen LogP contribution in [-0.4, -0.2) is 141 Å². The first kappa shape index (κ1) is 71.8. The van der Waals surface area contributed by atoms with E-state index in [9.17, 15) is 39.6 Å². The van der Waals surface area contributed by atoms with Gasteiger partial charge in [0.15, 0.2) is 0 Å². The van der Waals surface area contributed by atoms with E-state index in [1.54, 1.807) is 0 Å². The predicted octanol–water partition coefficient (Wildman–Crippen LogP) is 11.8. The van der Waals surface area contributed by atoms with Gasteiger partial charge in [-0.05, 0) is 87.2 Å². The number of unbranched alkanes of at least 4 members (excludes halogenated alkanes) is 18. The smallest absolute Gasteiger partial charge is 0.328 e. The normalized spacial score (nSPS) is 15.6. The van der Waals surface area contributed by atoms with Gasteiger partial charge in [-0.15, -0.1) is 30.7 Å². The molecule has 1 fully saturated rings. The van der Waals surface area contributed by atoms with E-state index in [2.05, 4.69) is 78.1 Å². The Morgan fingerprint density at radius 3 is 1.59 bits per heavy atom. The van der Waals surface area contributed by atoms with Crippen LogP contribution in [0.15, 0.2) is 82.0 Å². The number of fused-ring (bicyclic) bond motifs is 2. The summed E-state index contributed by atoms with van der Waals surface area (Å²) in [5.74, 6) is -0.658. The fraction of sp³-hybridized carbons (Fsp3) is 0.645. The number of carbonyl (C=O) groups excluding carboxylic acids is 2. The van der Waals surface area contributed by atoms with E-state index in [1.165, 1.54) is 136 Å². The standard InChI is InChI=1S/C20H24N2S2.C19H36O4.C19H34O4.C4H4O4/c1-21-9-11-22(12-10-21)18-13-15-5-3-4-6-19(15)24-20-8-7-16(23-2)14-17(18)20;2*1-3-4-5-6-7-8-9-10-11-12-13-14-18(21)15-19(22)16-23-17(2)20;5-3(6)1-2-4(7)8/h3-8,14,18H,9-13H2,1-2H3;3,18-19,21-22H,1,4-16H2,2H3;1,18-19,21-22H,4-16H2,2H3;1-2H,(H,5,6)(H,7,8). The number of esters is 2. The van der Waals surface area contributed by atoms with Gasteiger partial charge in [-0.1, -0.05) is 139 Å². The maximum Gasteiger partial charge on any atom is 0.328 e. The van der Waals surface area contributed by atoms with Gasteiger partial charge in [0.1, 0.15) is 13.2 Å². The van der Waals surface area contributed by atoms with Crippen LogP contribution in [0.25, 0.3) is 0 Å². The number of hydrogen-bond donors (Lipinski definition) is 6. The lowest BCUT2D eigenvalue weighted by Crippen LogP contribution is -2.46. The Labute approximate surface area is 477 Å². The lowest BCUT2D eigenvalue weighted by atomic mass is 9.96. The minimum absolute atomic E-state index is 0.0286. The van der Waals surface area contributed by atoms with Gasteiger partial charge in [-0.25, -0.2) is 9.59 Å². The number of thioether (sulfide) groups is 1. The molecule has 0 bridgehead atoms. The third kappa shape index (κ3) is 38.4. The quantitative estimate of drug-likeness (QED) is 0.00945. The number of piperazine rings is 1. The highest BCUT2D eigenvalue weighted by atomic mass is 32.2. The second-order valence-corrected chi connectivity index (χ2v) is 22.3. The third-order valence-corrected chi connectivity index (χ3v) is 15.3. The zero-order valence-electron chi connectivity index (χ0n) is 47.7. The molecule has 2 heterocycles. The van der Waals surface area contributed by atoms with Gasteiger partial charge in [0, 0.05) is 92.2 Å².